The minimum Gasteiger partial charge on any atom is -0.312 e. The van der Waals surface area contributed by atoms with E-state index in [-0.39, 0.29) is 5.92 Å². The van der Waals surface area contributed by atoms with Gasteiger partial charge in [-0.3, -0.25) is 4.79 Å². The average Bonchev–Trinajstić information content (AvgIpc) is 2.61. The zero-order chi connectivity index (χ0) is 9.97. The molecular formula is C12H15NO. The van der Waals surface area contributed by atoms with Gasteiger partial charge in [0.05, 0.1) is 0 Å². The van der Waals surface area contributed by atoms with Crippen LogP contribution in [0.15, 0.2) is 30.3 Å². The van der Waals surface area contributed by atoms with Gasteiger partial charge in [-0.05, 0) is 25.0 Å². The molecule has 0 aromatic heterocycles. The van der Waals surface area contributed by atoms with Crippen LogP contribution < -0.4 is 4.90 Å². The van der Waals surface area contributed by atoms with Gasteiger partial charge in [-0.2, -0.15) is 0 Å². The van der Waals surface area contributed by atoms with Crippen LogP contribution in [0.25, 0.3) is 0 Å². The van der Waals surface area contributed by atoms with Crippen LogP contribution >= 0.6 is 0 Å². The lowest BCUT2D eigenvalue weighted by Crippen LogP contribution is -2.26. The second-order valence-electron chi connectivity index (χ2n) is 3.72. The Morgan fingerprint density at radius 1 is 1.36 bits per heavy atom. The fraction of sp³-hybridized carbons (Fsp3) is 0.417. The van der Waals surface area contributed by atoms with Crippen molar-refractivity contribution in [1.82, 2.24) is 0 Å². The van der Waals surface area contributed by atoms with Gasteiger partial charge in [0, 0.05) is 18.2 Å². The number of nitrogens with zero attached hydrogens (tertiary/aromatic N) is 1. The average molecular weight is 189 g/mol. The van der Waals surface area contributed by atoms with E-state index in [1.54, 1.807) is 0 Å². The molecule has 14 heavy (non-hydrogen) atoms. The number of anilines is 1. The van der Waals surface area contributed by atoms with Crippen LogP contribution in [0.4, 0.5) is 5.69 Å². The van der Waals surface area contributed by atoms with E-state index >= 15 is 0 Å². The summed E-state index contributed by atoms with van der Waals surface area (Å²) in [4.78, 5) is 13.8. The zero-order valence-electron chi connectivity index (χ0n) is 8.44. The van der Waals surface area contributed by atoms with E-state index in [0.717, 1.165) is 25.1 Å². The lowest BCUT2D eigenvalue weighted by Gasteiger charge is -2.16. The van der Waals surface area contributed by atoms with Gasteiger partial charge >= 0.3 is 0 Å². The van der Waals surface area contributed by atoms with Crippen LogP contribution in [0.2, 0.25) is 0 Å². The highest BCUT2D eigenvalue weighted by Gasteiger charge is 2.30. The summed E-state index contributed by atoms with van der Waals surface area (Å²) in [6, 6.07) is 9.91. The molecule has 2 rings (SSSR count). The lowest BCUT2D eigenvalue weighted by molar-refractivity contribution is -0.120. The van der Waals surface area contributed by atoms with Gasteiger partial charge in [0.15, 0.2) is 0 Å². The molecule has 0 bridgehead atoms. The first-order chi connectivity index (χ1) is 6.83. The molecule has 0 radical (unpaired) electrons. The van der Waals surface area contributed by atoms with Crippen molar-refractivity contribution < 1.29 is 4.79 Å². The highest BCUT2D eigenvalue weighted by Crippen LogP contribution is 2.26. The molecular weight excluding hydrogens is 174 g/mol. The predicted molar refractivity (Wildman–Crippen MR) is 57.2 cm³/mol. The number of carbonyl (C=O) groups excluding carboxylic acids is 1. The molecule has 2 nitrogen and oxygen atoms in total. The van der Waals surface area contributed by atoms with Crippen molar-refractivity contribution >= 4 is 11.6 Å². The summed E-state index contributed by atoms with van der Waals surface area (Å²) in [5.41, 5.74) is 1.04. The number of benzene rings is 1. The van der Waals surface area contributed by atoms with E-state index in [4.69, 9.17) is 0 Å². The fourth-order valence-corrected chi connectivity index (χ4v) is 1.98. The summed E-state index contributed by atoms with van der Waals surface area (Å²) >= 11 is 0. The quantitative estimate of drug-likeness (QED) is 0.699. The van der Waals surface area contributed by atoms with Crippen LogP contribution in [0.5, 0.6) is 0 Å². The zero-order valence-corrected chi connectivity index (χ0v) is 8.44. The summed E-state index contributed by atoms with van der Waals surface area (Å²) in [7, 11) is 0. The molecule has 1 unspecified atom stereocenters. The van der Waals surface area contributed by atoms with E-state index in [1.165, 1.54) is 0 Å². The van der Waals surface area contributed by atoms with Crippen LogP contribution in [0, 0.1) is 5.92 Å². The molecule has 0 spiro atoms. The number of para-hydroxylation sites is 1. The van der Waals surface area contributed by atoms with Gasteiger partial charge in [-0.25, -0.2) is 0 Å². The Hall–Kier alpha value is -1.31. The molecule has 1 aromatic rings. The van der Waals surface area contributed by atoms with Crippen molar-refractivity contribution in [3.63, 3.8) is 0 Å². The maximum atomic E-state index is 11.9. The molecule has 1 atom stereocenters. The second kappa shape index (κ2) is 3.82. The van der Waals surface area contributed by atoms with E-state index in [9.17, 15) is 4.79 Å². The minimum atomic E-state index is 0.246. The Morgan fingerprint density at radius 2 is 2.07 bits per heavy atom. The molecule has 0 saturated carbocycles. The van der Waals surface area contributed by atoms with Crippen LogP contribution in [0.1, 0.15) is 19.8 Å². The predicted octanol–water partition coefficient (Wildman–Crippen LogP) is 2.45. The second-order valence-corrected chi connectivity index (χ2v) is 3.72. The molecule has 74 valence electrons. The summed E-state index contributed by atoms with van der Waals surface area (Å²) < 4.78 is 0. The van der Waals surface area contributed by atoms with Gasteiger partial charge in [-0.15, -0.1) is 0 Å². The summed E-state index contributed by atoms with van der Waals surface area (Å²) in [6.07, 6.45) is 1.96. The molecule has 1 aromatic carbocycles. The Kier molecular flexibility index (Phi) is 2.53. The van der Waals surface area contributed by atoms with Crippen LogP contribution in [0.3, 0.4) is 0 Å². The SMILES string of the molecule is CCC1CCN(c2ccccc2)C1=O. The fourth-order valence-electron chi connectivity index (χ4n) is 1.98. The number of carbonyl (C=O) groups is 1. The van der Waals surface area contributed by atoms with Crippen molar-refractivity contribution in [2.75, 3.05) is 11.4 Å². The molecule has 1 amide bonds. The maximum absolute atomic E-state index is 11.9. The number of hydrogen-bond donors (Lipinski definition) is 0. The standard InChI is InChI=1S/C12H15NO/c1-2-10-8-9-13(12(10)14)11-6-4-3-5-7-11/h3-7,10H,2,8-9H2,1H3. The molecule has 1 heterocycles. The smallest absolute Gasteiger partial charge is 0.230 e. The number of rotatable bonds is 2. The van der Waals surface area contributed by atoms with E-state index in [0.29, 0.717) is 5.91 Å². The summed E-state index contributed by atoms with van der Waals surface area (Å²) in [5.74, 6) is 0.536. The van der Waals surface area contributed by atoms with Gasteiger partial charge in [0.2, 0.25) is 5.91 Å². The highest BCUT2D eigenvalue weighted by atomic mass is 16.2. The number of hydrogen-bond acceptors (Lipinski definition) is 1. The molecule has 1 saturated heterocycles. The van der Waals surface area contributed by atoms with E-state index < -0.39 is 0 Å². The number of amides is 1. The van der Waals surface area contributed by atoms with Gasteiger partial charge in [0.25, 0.3) is 0 Å². The van der Waals surface area contributed by atoms with Crippen LogP contribution in [-0.4, -0.2) is 12.5 Å². The Morgan fingerprint density at radius 3 is 2.64 bits per heavy atom. The molecule has 1 aliphatic heterocycles. The van der Waals surface area contributed by atoms with Gasteiger partial charge in [-0.1, -0.05) is 25.1 Å². The summed E-state index contributed by atoms with van der Waals surface area (Å²) in [6.45, 7) is 2.96. The maximum Gasteiger partial charge on any atom is 0.230 e. The van der Waals surface area contributed by atoms with Crippen LogP contribution in [-0.2, 0) is 4.79 Å². The Labute approximate surface area is 84.5 Å². The Bertz CT molecular complexity index is 320. The largest absolute Gasteiger partial charge is 0.312 e. The van der Waals surface area contributed by atoms with Crippen molar-refractivity contribution in [3.8, 4) is 0 Å². The van der Waals surface area contributed by atoms with Crippen molar-refractivity contribution in [2.45, 2.75) is 19.8 Å². The molecule has 1 fully saturated rings. The first-order valence-electron chi connectivity index (χ1n) is 5.19. The first kappa shape index (κ1) is 9.25. The minimum absolute atomic E-state index is 0.246. The normalized spacial score (nSPS) is 21.6. The van der Waals surface area contributed by atoms with Crippen molar-refractivity contribution in [3.05, 3.63) is 30.3 Å². The highest BCUT2D eigenvalue weighted by molar-refractivity contribution is 5.97. The molecule has 2 heteroatoms. The van der Waals surface area contributed by atoms with Gasteiger partial charge in [0.1, 0.15) is 0 Å². The topological polar surface area (TPSA) is 20.3 Å². The molecule has 1 aliphatic rings. The molecule has 0 aliphatic carbocycles. The molecule has 0 N–H and O–H groups in total. The summed E-state index contributed by atoms with van der Waals surface area (Å²) in [5, 5.41) is 0. The van der Waals surface area contributed by atoms with E-state index in [2.05, 4.69) is 6.92 Å². The monoisotopic (exact) mass is 189 g/mol. The third-order valence-electron chi connectivity index (χ3n) is 2.88. The third-order valence-corrected chi connectivity index (χ3v) is 2.88. The van der Waals surface area contributed by atoms with Gasteiger partial charge < -0.3 is 4.90 Å². The lowest BCUT2D eigenvalue weighted by atomic mass is 10.1. The van der Waals surface area contributed by atoms with Crippen molar-refractivity contribution in [2.24, 2.45) is 5.92 Å². The van der Waals surface area contributed by atoms with Crippen molar-refractivity contribution in [1.29, 1.82) is 0 Å². The first-order valence-corrected chi connectivity index (χ1v) is 5.19. The van der Waals surface area contributed by atoms with E-state index in [1.807, 2.05) is 35.2 Å². The third kappa shape index (κ3) is 1.52. The Balaban J connectivity index is 2.18.